The van der Waals surface area contributed by atoms with E-state index in [9.17, 15) is 9.18 Å². The number of rotatable bonds is 4. The van der Waals surface area contributed by atoms with Crippen molar-refractivity contribution in [2.24, 2.45) is 0 Å². The Bertz CT molecular complexity index is 570. The fourth-order valence-electron chi connectivity index (χ4n) is 1.68. The lowest BCUT2D eigenvalue weighted by Gasteiger charge is -2.09. The van der Waals surface area contributed by atoms with Crippen molar-refractivity contribution in [3.63, 3.8) is 0 Å². The Morgan fingerprint density at radius 1 is 1.16 bits per heavy atom. The number of aryl methyl sites for hydroxylation is 1. The first-order valence-electron chi connectivity index (χ1n) is 6.00. The van der Waals surface area contributed by atoms with Crippen LogP contribution in [0, 0.1) is 12.7 Å². The first-order chi connectivity index (χ1) is 9.15. The summed E-state index contributed by atoms with van der Waals surface area (Å²) in [7, 11) is 0. The monoisotopic (exact) mass is 258 g/mol. The summed E-state index contributed by atoms with van der Waals surface area (Å²) in [5.41, 5.74) is 1.99. The quantitative estimate of drug-likeness (QED) is 0.884. The minimum absolute atomic E-state index is 0.0231. The molecule has 0 aliphatic heterocycles. The van der Waals surface area contributed by atoms with E-state index in [0.29, 0.717) is 5.69 Å². The summed E-state index contributed by atoms with van der Waals surface area (Å²) in [5.74, 6) is -0.579. The zero-order valence-electron chi connectivity index (χ0n) is 10.6. The molecule has 3 nitrogen and oxygen atoms in total. The number of carbonyl (C=O) groups is 1. The molecule has 4 heteroatoms. The summed E-state index contributed by atoms with van der Waals surface area (Å²) in [6.07, 6.45) is 0. The smallest absolute Gasteiger partial charge is 0.243 e. The molecule has 0 saturated heterocycles. The van der Waals surface area contributed by atoms with E-state index in [1.165, 1.54) is 6.07 Å². The highest BCUT2D eigenvalue weighted by molar-refractivity contribution is 5.93. The van der Waals surface area contributed by atoms with E-state index in [0.717, 1.165) is 11.3 Å². The SMILES string of the molecule is Cc1ccc(F)c(NCC(=O)Nc2ccccc2)c1. The van der Waals surface area contributed by atoms with Crippen molar-refractivity contribution in [3.05, 3.63) is 59.9 Å². The predicted octanol–water partition coefficient (Wildman–Crippen LogP) is 3.18. The van der Waals surface area contributed by atoms with E-state index in [-0.39, 0.29) is 18.3 Å². The minimum Gasteiger partial charge on any atom is -0.374 e. The second-order valence-corrected chi connectivity index (χ2v) is 4.25. The van der Waals surface area contributed by atoms with E-state index in [4.69, 9.17) is 0 Å². The van der Waals surface area contributed by atoms with E-state index in [1.54, 1.807) is 24.3 Å². The highest BCUT2D eigenvalue weighted by atomic mass is 19.1. The van der Waals surface area contributed by atoms with Gasteiger partial charge in [0, 0.05) is 5.69 Å². The van der Waals surface area contributed by atoms with Crippen molar-refractivity contribution in [1.82, 2.24) is 0 Å². The number of para-hydroxylation sites is 1. The van der Waals surface area contributed by atoms with E-state index < -0.39 is 0 Å². The van der Waals surface area contributed by atoms with Crippen LogP contribution in [0.5, 0.6) is 0 Å². The predicted molar refractivity (Wildman–Crippen MR) is 74.7 cm³/mol. The Kier molecular flexibility index (Phi) is 4.13. The zero-order chi connectivity index (χ0) is 13.7. The Balaban J connectivity index is 1.92. The molecule has 0 atom stereocenters. The molecule has 0 saturated carbocycles. The average Bonchev–Trinajstić information content (AvgIpc) is 2.41. The second-order valence-electron chi connectivity index (χ2n) is 4.25. The largest absolute Gasteiger partial charge is 0.374 e. The number of carbonyl (C=O) groups excluding carboxylic acids is 1. The molecule has 0 aliphatic carbocycles. The summed E-state index contributed by atoms with van der Waals surface area (Å²) in [6, 6.07) is 13.9. The zero-order valence-corrected chi connectivity index (χ0v) is 10.6. The maximum absolute atomic E-state index is 13.5. The first kappa shape index (κ1) is 13.1. The van der Waals surface area contributed by atoms with Crippen LogP contribution in [-0.4, -0.2) is 12.5 Å². The number of hydrogen-bond donors (Lipinski definition) is 2. The van der Waals surface area contributed by atoms with Crippen LogP contribution in [0.1, 0.15) is 5.56 Å². The molecule has 2 aromatic carbocycles. The van der Waals surface area contributed by atoms with Crippen molar-refractivity contribution >= 4 is 17.3 Å². The Labute approximate surface area is 111 Å². The van der Waals surface area contributed by atoms with Crippen LogP contribution in [0.25, 0.3) is 0 Å². The molecule has 0 unspecified atom stereocenters. The van der Waals surface area contributed by atoms with Crippen LogP contribution in [0.2, 0.25) is 0 Å². The molecule has 0 radical (unpaired) electrons. The van der Waals surface area contributed by atoms with Gasteiger partial charge in [-0.25, -0.2) is 4.39 Å². The van der Waals surface area contributed by atoms with Gasteiger partial charge in [0.05, 0.1) is 12.2 Å². The molecule has 2 rings (SSSR count). The third kappa shape index (κ3) is 3.81. The van der Waals surface area contributed by atoms with Crippen LogP contribution in [-0.2, 0) is 4.79 Å². The summed E-state index contributed by atoms with van der Waals surface area (Å²) >= 11 is 0. The molecule has 1 amide bonds. The molecular formula is C15H15FN2O. The highest BCUT2D eigenvalue weighted by Gasteiger charge is 2.05. The molecule has 0 spiro atoms. The topological polar surface area (TPSA) is 41.1 Å². The third-order valence-corrected chi connectivity index (χ3v) is 2.62. The lowest BCUT2D eigenvalue weighted by Crippen LogP contribution is -2.22. The van der Waals surface area contributed by atoms with Gasteiger partial charge in [-0.2, -0.15) is 0 Å². The van der Waals surface area contributed by atoms with Crippen LogP contribution in [0.3, 0.4) is 0 Å². The maximum Gasteiger partial charge on any atom is 0.243 e. The number of nitrogens with one attached hydrogen (secondary N) is 2. The number of hydrogen-bond acceptors (Lipinski definition) is 2. The van der Waals surface area contributed by atoms with Crippen molar-refractivity contribution < 1.29 is 9.18 Å². The Morgan fingerprint density at radius 3 is 2.63 bits per heavy atom. The van der Waals surface area contributed by atoms with Crippen molar-refractivity contribution in [2.75, 3.05) is 17.2 Å². The molecule has 0 fully saturated rings. The molecule has 0 aromatic heterocycles. The minimum atomic E-state index is -0.363. The van der Waals surface area contributed by atoms with Crippen LogP contribution in [0.15, 0.2) is 48.5 Å². The van der Waals surface area contributed by atoms with Gasteiger partial charge in [-0.1, -0.05) is 24.3 Å². The van der Waals surface area contributed by atoms with Gasteiger partial charge in [0.25, 0.3) is 0 Å². The summed E-state index contributed by atoms with van der Waals surface area (Å²) < 4.78 is 13.5. The number of anilines is 2. The Hall–Kier alpha value is -2.36. The van der Waals surface area contributed by atoms with Crippen molar-refractivity contribution in [3.8, 4) is 0 Å². The van der Waals surface area contributed by atoms with Crippen LogP contribution < -0.4 is 10.6 Å². The summed E-state index contributed by atoms with van der Waals surface area (Å²) in [4.78, 5) is 11.7. The van der Waals surface area contributed by atoms with Crippen molar-refractivity contribution in [1.29, 1.82) is 0 Å². The fourth-order valence-corrected chi connectivity index (χ4v) is 1.68. The molecule has 2 aromatic rings. The average molecular weight is 258 g/mol. The van der Waals surface area contributed by atoms with Crippen molar-refractivity contribution in [2.45, 2.75) is 6.92 Å². The van der Waals surface area contributed by atoms with Gasteiger partial charge in [-0.3, -0.25) is 4.79 Å². The van der Waals surface area contributed by atoms with Crippen LogP contribution in [0.4, 0.5) is 15.8 Å². The number of halogens is 1. The number of amides is 1. The standard InChI is InChI=1S/C15H15FN2O/c1-11-7-8-13(16)14(9-11)17-10-15(19)18-12-5-3-2-4-6-12/h2-9,17H,10H2,1H3,(H,18,19). The van der Waals surface area contributed by atoms with Gasteiger partial charge >= 0.3 is 0 Å². The Morgan fingerprint density at radius 2 is 1.89 bits per heavy atom. The van der Waals surface area contributed by atoms with E-state index in [1.807, 2.05) is 25.1 Å². The lowest BCUT2D eigenvalue weighted by atomic mass is 10.2. The van der Waals surface area contributed by atoms with E-state index in [2.05, 4.69) is 10.6 Å². The summed E-state index contributed by atoms with van der Waals surface area (Å²) in [5, 5.41) is 5.51. The molecular weight excluding hydrogens is 243 g/mol. The van der Waals surface area contributed by atoms with Crippen LogP contribution >= 0.6 is 0 Å². The molecule has 98 valence electrons. The summed E-state index contributed by atoms with van der Waals surface area (Å²) in [6.45, 7) is 1.89. The molecule has 2 N–H and O–H groups in total. The van der Waals surface area contributed by atoms with Gasteiger partial charge in [0.2, 0.25) is 5.91 Å². The number of benzene rings is 2. The van der Waals surface area contributed by atoms with Gasteiger partial charge < -0.3 is 10.6 Å². The molecule has 0 aliphatic rings. The molecule has 19 heavy (non-hydrogen) atoms. The normalized spacial score (nSPS) is 10.0. The van der Waals surface area contributed by atoms with E-state index >= 15 is 0 Å². The van der Waals surface area contributed by atoms with Gasteiger partial charge in [0.15, 0.2) is 0 Å². The molecule has 0 heterocycles. The first-order valence-corrected chi connectivity index (χ1v) is 6.00. The van der Waals surface area contributed by atoms with Gasteiger partial charge in [-0.05, 0) is 36.8 Å². The second kappa shape index (κ2) is 6.00. The fraction of sp³-hybridized carbons (Fsp3) is 0.133. The van der Waals surface area contributed by atoms with Gasteiger partial charge in [-0.15, -0.1) is 0 Å². The van der Waals surface area contributed by atoms with Gasteiger partial charge in [0.1, 0.15) is 5.82 Å². The highest BCUT2D eigenvalue weighted by Crippen LogP contribution is 2.15. The molecule has 0 bridgehead atoms. The third-order valence-electron chi connectivity index (χ3n) is 2.62. The maximum atomic E-state index is 13.5. The lowest BCUT2D eigenvalue weighted by molar-refractivity contribution is -0.114.